The van der Waals surface area contributed by atoms with Crippen LogP contribution >= 0.6 is 0 Å². The van der Waals surface area contributed by atoms with E-state index in [0.717, 1.165) is 31.4 Å². The number of ether oxygens (including phenoxy) is 1. The normalized spacial score (nSPS) is 18.7. The number of fused-ring (bicyclic) bond motifs is 1. The average Bonchev–Trinajstić information content (AvgIpc) is 3.53. The van der Waals surface area contributed by atoms with Crippen molar-refractivity contribution in [1.82, 2.24) is 19.5 Å². The number of nitrogens with zero attached hydrogens (tertiary/aromatic N) is 5. The minimum absolute atomic E-state index is 0.154. The number of hydrogen-bond acceptors (Lipinski definition) is 6. The average molecular weight is 498 g/mol. The van der Waals surface area contributed by atoms with Crippen LogP contribution in [-0.2, 0) is 9.53 Å². The van der Waals surface area contributed by atoms with E-state index in [4.69, 9.17) is 9.72 Å². The first-order chi connectivity index (χ1) is 17.4. The van der Waals surface area contributed by atoms with Crippen LogP contribution in [0.15, 0.2) is 36.7 Å². The molecule has 1 aromatic carbocycles. The lowest BCUT2D eigenvalue weighted by molar-refractivity contribution is -0.144. The van der Waals surface area contributed by atoms with Gasteiger partial charge in [0.15, 0.2) is 5.65 Å². The Kier molecular flexibility index (Phi) is 6.84. The van der Waals surface area contributed by atoms with Crippen molar-refractivity contribution >= 4 is 23.3 Å². The highest BCUT2D eigenvalue weighted by Gasteiger charge is 2.31. The summed E-state index contributed by atoms with van der Waals surface area (Å²) in [6.07, 6.45) is 6.59. The van der Waals surface area contributed by atoms with Gasteiger partial charge in [-0.15, -0.1) is 0 Å². The van der Waals surface area contributed by atoms with Gasteiger partial charge >= 0.3 is 5.97 Å². The van der Waals surface area contributed by atoms with Gasteiger partial charge in [0.25, 0.3) is 5.91 Å². The lowest BCUT2D eigenvalue weighted by Crippen LogP contribution is -2.39. The number of hydrogen-bond donors (Lipinski definition) is 0. The monoisotopic (exact) mass is 497 g/mol. The molecular formula is C26H29F2N5O3. The molecule has 36 heavy (non-hydrogen) atoms. The maximum Gasteiger partial charge on any atom is 0.306 e. The third kappa shape index (κ3) is 4.76. The van der Waals surface area contributed by atoms with Crippen LogP contribution in [0.2, 0.25) is 0 Å². The van der Waals surface area contributed by atoms with E-state index in [2.05, 4.69) is 5.10 Å². The van der Waals surface area contributed by atoms with Gasteiger partial charge in [0, 0.05) is 37.8 Å². The maximum atomic E-state index is 14.5. The summed E-state index contributed by atoms with van der Waals surface area (Å²) in [5.41, 5.74) is 1.13. The number of aromatic nitrogens is 3. The Bertz CT molecular complexity index is 1270. The van der Waals surface area contributed by atoms with Crippen molar-refractivity contribution in [3.8, 4) is 0 Å². The van der Waals surface area contributed by atoms with Crippen LogP contribution in [-0.4, -0.2) is 57.6 Å². The summed E-state index contributed by atoms with van der Waals surface area (Å²) in [5.74, 6) is -0.468. The molecule has 1 atom stereocenters. The van der Waals surface area contributed by atoms with Gasteiger partial charge in [-0.1, -0.05) is 0 Å². The van der Waals surface area contributed by atoms with Crippen LogP contribution in [0.25, 0.3) is 5.65 Å². The fraction of sp³-hybridized carbons (Fsp3) is 0.462. The number of rotatable bonds is 6. The van der Waals surface area contributed by atoms with Gasteiger partial charge in [-0.2, -0.15) is 5.10 Å². The lowest BCUT2D eigenvalue weighted by atomic mass is 9.93. The van der Waals surface area contributed by atoms with Gasteiger partial charge in [-0.3, -0.25) is 9.59 Å². The largest absolute Gasteiger partial charge is 0.466 e. The molecule has 5 rings (SSSR count). The molecule has 0 spiro atoms. The molecule has 2 fully saturated rings. The van der Waals surface area contributed by atoms with Gasteiger partial charge in [0.2, 0.25) is 0 Å². The summed E-state index contributed by atoms with van der Waals surface area (Å²) in [7, 11) is 0. The Balaban J connectivity index is 1.34. The zero-order chi connectivity index (χ0) is 25.2. The summed E-state index contributed by atoms with van der Waals surface area (Å²) in [4.78, 5) is 33.6. The molecule has 2 saturated heterocycles. The molecule has 0 radical (unpaired) electrons. The fourth-order valence-electron chi connectivity index (χ4n) is 5.27. The standard InChI is InChI=1S/C26H29F2N5O3/c1-2-36-24(34)14-17-7-11-31(12-8-17)26(35)20-16-29-33-13-9-23(30-25(20)33)32-10-3-4-22(32)19-15-18(27)5-6-21(19)28/h5-6,9,13,15-17,22H,2-4,7-8,10-12,14H2,1H3. The molecule has 2 aliphatic rings. The number of benzene rings is 1. The third-order valence-corrected chi connectivity index (χ3v) is 7.11. The molecule has 1 unspecified atom stereocenters. The minimum atomic E-state index is -0.476. The number of piperidine rings is 1. The first-order valence-corrected chi connectivity index (χ1v) is 12.5. The number of esters is 1. The van der Waals surface area contributed by atoms with Gasteiger partial charge < -0.3 is 14.5 Å². The van der Waals surface area contributed by atoms with E-state index in [-0.39, 0.29) is 23.8 Å². The number of anilines is 1. The predicted octanol–water partition coefficient (Wildman–Crippen LogP) is 4.15. The quantitative estimate of drug-likeness (QED) is 0.476. The molecule has 1 amide bonds. The van der Waals surface area contributed by atoms with Gasteiger partial charge in [0.1, 0.15) is 23.0 Å². The highest BCUT2D eigenvalue weighted by molar-refractivity contribution is 5.99. The highest BCUT2D eigenvalue weighted by Crippen LogP contribution is 2.37. The van der Waals surface area contributed by atoms with Crippen molar-refractivity contribution < 1.29 is 23.1 Å². The maximum absolute atomic E-state index is 14.5. The first-order valence-electron chi connectivity index (χ1n) is 12.5. The third-order valence-electron chi connectivity index (χ3n) is 7.11. The van der Waals surface area contributed by atoms with Gasteiger partial charge in [-0.25, -0.2) is 18.3 Å². The molecule has 0 N–H and O–H groups in total. The Hall–Kier alpha value is -3.56. The number of amides is 1. The van der Waals surface area contributed by atoms with Crippen molar-refractivity contribution in [2.24, 2.45) is 5.92 Å². The molecule has 3 aromatic rings. The molecule has 190 valence electrons. The SMILES string of the molecule is CCOC(=O)CC1CCN(C(=O)c2cnn3ccc(N4CCCC4c4cc(F)ccc4F)nc23)CC1. The summed E-state index contributed by atoms with van der Waals surface area (Å²) >= 11 is 0. The zero-order valence-electron chi connectivity index (χ0n) is 20.2. The Morgan fingerprint density at radius 2 is 1.92 bits per heavy atom. The van der Waals surface area contributed by atoms with Crippen LogP contribution < -0.4 is 4.90 Å². The predicted molar refractivity (Wildman–Crippen MR) is 129 cm³/mol. The van der Waals surface area contributed by atoms with Crippen LogP contribution in [0.4, 0.5) is 14.6 Å². The van der Waals surface area contributed by atoms with E-state index in [1.165, 1.54) is 12.3 Å². The summed E-state index contributed by atoms with van der Waals surface area (Å²) in [6.45, 7) is 3.91. The van der Waals surface area contributed by atoms with Crippen molar-refractivity contribution in [2.45, 2.75) is 45.1 Å². The molecule has 0 bridgehead atoms. The Morgan fingerprint density at radius 3 is 2.69 bits per heavy atom. The van der Waals surface area contributed by atoms with Gasteiger partial charge in [-0.05, 0) is 62.8 Å². The Labute approximate surface area is 207 Å². The summed E-state index contributed by atoms with van der Waals surface area (Å²) in [6, 6.07) is 4.96. The van der Waals surface area contributed by atoms with E-state index < -0.39 is 11.6 Å². The number of carbonyl (C=O) groups is 2. The molecule has 4 heterocycles. The number of likely N-dealkylation sites (tertiary alicyclic amines) is 1. The smallest absolute Gasteiger partial charge is 0.306 e. The van der Waals surface area contributed by atoms with Crippen LogP contribution in [0.3, 0.4) is 0 Å². The minimum Gasteiger partial charge on any atom is -0.466 e. The second-order valence-corrected chi connectivity index (χ2v) is 9.37. The van der Waals surface area contributed by atoms with Gasteiger partial charge in [0.05, 0.1) is 18.8 Å². The van der Waals surface area contributed by atoms with Crippen LogP contribution in [0.1, 0.15) is 61.0 Å². The number of carbonyl (C=O) groups excluding carboxylic acids is 2. The lowest BCUT2D eigenvalue weighted by Gasteiger charge is -2.31. The molecule has 0 aliphatic carbocycles. The van der Waals surface area contributed by atoms with E-state index in [0.29, 0.717) is 61.7 Å². The molecule has 8 nitrogen and oxygen atoms in total. The summed E-state index contributed by atoms with van der Waals surface area (Å²) < 4.78 is 35.0. The Morgan fingerprint density at radius 1 is 1.11 bits per heavy atom. The zero-order valence-corrected chi connectivity index (χ0v) is 20.2. The second kappa shape index (κ2) is 10.2. The van der Waals surface area contributed by atoms with E-state index >= 15 is 0 Å². The highest BCUT2D eigenvalue weighted by atomic mass is 19.1. The van der Waals surface area contributed by atoms with E-state index in [1.54, 1.807) is 28.6 Å². The van der Waals surface area contributed by atoms with Crippen LogP contribution in [0, 0.1) is 17.6 Å². The van der Waals surface area contributed by atoms with E-state index in [1.807, 2.05) is 4.90 Å². The van der Waals surface area contributed by atoms with Crippen LogP contribution in [0.5, 0.6) is 0 Å². The van der Waals surface area contributed by atoms with Crippen molar-refractivity contribution in [1.29, 1.82) is 0 Å². The topological polar surface area (TPSA) is 80.0 Å². The molecule has 0 saturated carbocycles. The molecule has 10 heteroatoms. The van der Waals surface area contributed by atoms with Crippen molar-refractivity contribution in [3.63, 3.8) is 0 Å². The molecular weight excluding hydrogens is 468 g/mol. The summed E-state index contributed by atoms with van der Waals surface area (Å²) in [5, 5.41) is 4.30. The van der Waals surface area contributed by atoms with E-state index in [9.17, 15) is 18.4 Å². The fourth-order valence-corrected chi connectivity index (χ4v) is 5.27. The second-order valence-electron chi connectivity index (χ2n) is 9.37. The number of halogens is 2. The first kappa shape index (κ1) is 24.1. The van der Waals surface area contributed by atoms with Crippen molar-refractivity contribution in [3.05, 3.63) is 59.4 Å². The van der Waals surface area contributed by atoms with Crippen molar-refractivity contribution in [2.75, 3.05) is 31.1 Å². The molecule has 2 aliphatic heterocycles. The molecule has 2 aromatic heterocycles.